The topological polar surface area (TPSA) is 115 Å². The highest BCUT2D eigenvalue weighted by Crippen LogP contribution is 2.24. The van der Waals surface area contributed by atoms with Crippen LogP contribution in [-0.2, 0) is 27.3 Å². The summed E-state index contributed by atoms with van der Waals surface area (Å²) in [6.45, 7) is 5.65. The van der Waals surface area contributed by atoms with Crippen molar-refractivity contribution in [3.05, 3.63) is 36.4 Å². The highest BCUT2D eigenvalue weighted by Gasteiger charge is 2.19. The molecule has 1 aliphatic heterocycles. The Labute approximate surface area is 191 Å². The number of fused-ring (bicyclic) bond motifs is 2. The third-order valence-corrected chi connectivity index (χ3v) is 5.52. The molecule has 2 N–H and O–H groups in total. The van der Waals surface area contributed by atoms with Crippen LogP contribution >= 0.6 is 0 Å². The summed E-state index contributed by atoms with van der Waals surface area (Å²) in [5.74, 6) is 2.18. The molecule has 4 heterocycles. The van der Waals surface area contributed by atoms with Crippen LogP contribution in [0.2, 0.25) is 0 Å². The van der Waals surface area contributed by atoms with Crippen molar-refractivity contribution in [3.63, 3.8) is 0 Å². The van der Waals surface area contributed by atoms with E-state index in [0.717, 1.165) is 41.1 Å². The summed E-state index contributed by atoms with van der Waals surface area (Å²) in [5, 5.41) is 3.42. The first kappa shape index (κ1) is 21.6. The van der Waals surface area contributed by atoms with Crippen molar-refractivity contribution >= 4 is 34.0 Å². The minimum atomic E-state index is 0.496. The van der Waals surface area contributed by atoms with E-state index in [9.17, 15) is 0 Å². The number of nitrogens with one attached hydrogen (secondary N) is 2. The summed E-state index contributed by atoms with van der Waals surface area (Å²) < 4.78 is 18.2. The van der Waals surface area contributed by atoms with E-state index < -0.39 is 0 Å². The molecular weight excluding hydrogens is 424 g/mol. The van der Waals surface area contributed by atoms with Gasteiger partial charge in [0, 0.05) is 26.7 Å². The molecule has 4 aromatic rings. The average Bonchev–Trinajstić information content (AvgIpc) is 3.47. The maximum atomic E-state index is 5.64. The lowest BCUT2D eigenvalue weighted by molar-refractivity contribution is 0.0669. The Morgan fingerprint density at radius 3 is 2.82 bits per heavy atom. The SMILES string of the molecule is COCCOCCn1cnc2c(NCc3nc4ccccc4[nH]3)nc(N3CCOCC3)nc21. The number of morpholine rings is 1. The van der Waals surface area contributed by atoms with Crippen molar-refractivity contribution in [1.29, 1.82) is 0 Å². The van der Waals surface area contributed by atoms with E-state index in [4.69, 9.17) is 24.2 Å². The minimum absolute atomic E-state index is 0.496. The summed E-state index contributed by atoms with van der Waals surface area (Å²) in [6.07, 6.45) is 1.79. The van der Waals surface area contributed by atoms with Crippen LogP contribution in [0.5, 0.6) is 0 Å². The van der Waals surface area contributed by atoms with Gasteiger partial charge in [-0.2, -0.15) is 9.97 Å². The highest BCUT2D eigenvalue weighted by atomic mass is 16.5. The first-order chi connectivity index (χ1) is 16.3. The number of ether oxygens (including phenoxy) is 3. The van der Waals surface area contributed by atoms with Gasteiger partial charge in [0.25, 0.3) is 0 Å². The van der Waals surface area contributed by atoms with E-state index in [1.165, 1.54) is 0 Å². The Hall–Kier alpha value is -3.28. The molecule has 0 radical (unpaired) electrons. The van der Waals surface area contributed by atoms with Gasteiger partial charge in [-0.1, -0.05) is 12.1 Å². The fourth-order valence-corrected chi connectivity index (χ4v) is 3.79. The molecule has 0 aliphatic carbocycles. The van der Waals surface area contributed by atoms with E-state index in [1.807, 2.05) is 28.8 Å². The lowest BCUT2D eigenvalue weighted by Crippen LogP contribution is -2.37. The van der Waals surface area contributed by atoms with Gasteiger partial charge in [-0.15, -0.1) is 0 Å². The zero-order valence-corrected chi connectivity index (χ0v) is 18.7. The van der Waals surface area contributed by atoms with Gasteiger partial charge < -0.3 is 34.0 Å². The molecule has 0 amide bonds. The first-order valence-electron chi connectivity index (χ1n) is 11.1. The molecule has 3 aromatic heterocycles. The van der Waals surface area contributed by atoms with Crippen molar-refractivity contribution in [2.24, 2.45) is 0 Å². The number of imidazole rings is 2. The van der Waals surface area contributed by atoms with Crippen molar-refractivity contribution in [3.8, 4) is 0 Å². The maximum absolute atomic E-state index is 5.64. The van der Waals surface area contributed by atoms with E-state index in [-0.39, 0.29) is 0 Å². The molecular formula is C22H28N8O3. The van der Waals surface area contributed by atoms with Gasteiger partial charge in [-0.05, 0) is 12.1 Å². The van der Waals surface area contributed by atoms with E-state index in [2.05, 4.69) is 25.2 Å². The quantitative estimate of drug-likeness (QED) is 0.348. The molecule has 1 aromatic carbocycles. The highest BCUT2D eigenvalue weighted by molar-refractivity contribution is 5.84. The normalized spacial score (nSPS) is 14.4. The Morgan fingerprint density at radius 2 is 1.97 bits per heavy atom. The summed E-state index contributed by atoms with van der Waals surface area (Å²) >= 11 is 0. The second-order valence-corrected chi connectivity index (χ2v) is 7.74. The van der Waals surface area contributed by atoms with Crippen LogP contribution < -0.4 is 10.2 Å². The van der Waals surface area contributed by atoms with E-state index in [0.29, 0.717) is 57.9 Å². The predicted octanol–water partition coefficient (Wildman–Crippen LogP) is 1.81. The molecule has 1 aliphatic rings. The zero-order valence-electron chi connectivity index (χ0n) is 18.7. The molecule has 0 bridgehead atoms. The smallest absolute Gasteiger partial charge is 0.229 e. The van der Waals surface area contributed by atoms with Gasteiger partial charge in [0.1, 0.15) is 5.82 Å². The number of methoxy groups -OCH3 is 1. The molecule has 1 fully saturated rings. The number of aromatic amines is 1. The lowest BCUT2D eigenvalue weighted by atomic mass is 10.3. The largest absolute Gasteiger partial charge is 0.382 e. The van der Waals surface area contributed by atoms with Crippen LogP contribution in [0.25, 0.3) is 22.2 Å². The molecule has 0 saturated carbocycles. The van der Waals surface area contributed by atoms with Gasteiger partial charge in [0.05, 0.1) is 56.9 Å². The number of benzene rings is 1. The van der Waals surface area contributed by atoms with Gasteiger partial charge in [0.15, 0.2) is 17.0 Å². The van der Waals surface area contributed by atoms with Crippen molar-refractivity contribution < 1.29 is 14.2 Å². The van der Waals surface area contributed by atoms with Gasteiger partial charge >= 0.3 is 0 Å². The average molecular weight is 453 g/mol. The summed E-state index contributed by atoms with van der Waals surface area (Å²) in [5.41, 5.74) is 3.44. The third-order valence-electron chi connectivity index (χ3n) is 5.52. The fourth-order valence-electron chi connectivity index (χ4n) is 3.79. The van der Waals surface area contributed by atoms with Gasteiger partial charge in [0.2, 0.25) is 5.95 Å². The number of nitrogens with zero attached hydrogens (tertiary/aromatic N) is 6. The molecule has 11 nitrogen and oxygen atoms in total. The van der Waals surface area contributed by atoms with Gasteiger partial charge in [-0.25, -0.2) is 9.97 Å². The number of hydrogen-bond donors (Lipinski definition) is 2. The molecule has 5 rings (SSSR count). The standard InChI is InChI=1S/C22H28N8O3/c1-31-12-13-33-11-8-30-15-24-19-20(23-14-18-25-16-4-2-3-5-17(16)26-18)27-22(28-21(19)30)29-6-9-32-10-7-29/h2-5,15H,6-14H2,1H3,(H,25,26)(H,23,27,28). The van der Waals surface area contributed by atoms with Crippen LogP contribution in [0, 0.1) is 0 Å². The molecule has 0 atom stereocenters. The Morgan fingerprint density at radius 1 is 1.09 bits per heavy atom. The van der Waals surface area contributed by atoms with Crippen LogP contribution in [0.4, 0.5) is 11.8 Å². The fraction of sp³-hybridized carbons (Fsp3) is 0.455. The number of H-pyrrole nitrogens is 1. The molecule has 0 spiro atoms. The number of rotatable bonds is 10. The minimum Gasteiger partial charge on any atom is -0.382 e. The summed E-state index contributed by atoms with van der Waals surface area (Å²) in [4.78, 5) is 24.4. The van der Waals surface area contributed by atoms with Crippen molar-refractivity contribution in [2.75, 3.05) is 63.5 Å². The van der Waals surface area contributed by atoms with Gasteiger partial charge in [-0.3, -0.25) is 0 Å². The second kappa shape index (κ2) is 10.1. The zero-order chi connectivity index (χ0) is 22.5. The number of hydrogen-bond acceptors (Lipinski definition) is 9. The van der Waals surface area contributed by atoms with Crippen molar-refractivity contribution in [1.82, 2.24) is 29.5 Å². The van der Waals surface area contributed by atoms with E-state index >= 15 is 0 Å². The van der Waals surface area contributed by atoms with E-state index in [1.54, 1.807) is 13.4 Å². The third kappa shape index (κ3) is 4.90. The summed E-state index contributed by atoms with van der Waals surface area (Å²) in [7, 11) is 1.66. The number of aromatic nitrogens is 6. The van der Waals surface area contributed by atoms with Crippen LogP contribution in [0.15, 0.2) is 30.6 Å². The lowest BCUT2D eigenvalue weighted by Gasteiger charge is -2.27. The first-order valence-corrected chi connectivity index (χ1v) is 11.1. The Balaban J connectivity index is 1.40. The maximum Gasteiger partial charge on any atom is 0.229 e. The van der Waals surface area contributed by atoms with Crippen LogP contribution in [0.1, 0.15) is 5.82 Å². The molecule has 174 valence electrons. The Kier molecular flexibility index (Phi) is 6.61. The molecule has 33 heavy (non-hydrogen) atoms. The Bertz CT molecular complexity index is 1170. The number of para-hydroxylation sites is 2. The molecule has 11 heteroatoms. The molecule has 1 saturated heterocycles. The van der Waals surface area contributed by atoms with Crippen molar-refractivity contribution in [2.45, 2.75) is 13.1 Å². The monoisotopic (exact) mass is 452 g/mol. The van der Waals surface area contributed by atoms with Crippen LogP contribution in [0.3, 0.4) is 0 Å². The van der Waals surface area contributed by atoms with Crippen LogP contribution in [-0.4, -0.2) is 82.7 Å². The number of anilines is 2. The molecule has 0 unspecified atom stereocenters. The summed E-state index contributed by atoms with van der Waals surface area (Å²) in [6, 6.07) is 7.98. The second-order valence-electron chi connectivity index (χ2n) is 7.74. The predicted molar refractivity (Wildman–Crippen MR) is 124 cm³/mol.